The van der Waals surface area contributed by atoms with Gasteiger partial charge in [-0.1, -0.05) is 6.92 Å². The average molecular weight is 318 g/mol. The number of nitrogens with zero attached hydrogens (tertiary/aromatic N) is 1. The molecule has 0 aromatic carbocycles. The fraction of sp³-hybridized carbons (Fsp3) is 0.769. The van der Waals surface area contributed by atoms with Gasteiger partial charge in [0, 0.05) is 37.6 Å². The SMILES string of the molecule is CCCNCc1c(S(=O)(=O)NCCCOCC)n[nH]c1C. The predicted octanol–water partition coefficient (Wildman–Crippen LogP) is 0.923. The highest BCUT2D eigenvalue weighted by atomic mass is 32.2. The zero-order valence-corrected chi connectivity index (χ0v) is 13.8. The Morgan fingerprint density at radius 1 is 1.29 bits per heavy atom. The molecule has 21 heavy (non-hydrogen) atoms. The highest BCUT2D eigenvalue weighted by Crippen LogP contribution is 2.15. The quantitative estimate of drug-likeness (QED) is 0.527. The van der Waals surface area contributed by atoms with Crippen LogP contribution in [0.5, 0.6) is 0 Å². The number of sulfonamides is 1. The van der Waals surface area contributed by atoms with Gasteiger partial charge in [-0.3, -0.25) is 5.10 Å². The highest BCUT2D eigenvalue weighted by molar-refractivity contribution is 7.89. The van der Waals surface area contributed by atoms with Crippen molar-refractivity contribution in [2.24, 2.45) is 0 Å². The van der Waals surface area contributed by atoms with Gasteiger partial charge in [0.15, 0.2) is 5.03 Å². The number of rotatable bonds is 11. The fourth-order valence-corrected chi connectivity index (χ4v) is 3.11. The van der Waals surface area contributed by atoms with Gasteiger partial charge in [0.2, 0.25) is 0 Å². The van der Waals surface area contributed by atoms with Crippen LogP contribution >= 0.6 is 0 Å². The lowest BCUT2D eigenvalue weighted by Crippen LogP contribution is -2.27. The number of hydrogen-bond acceptors (Lipinski definition) is 5. The number of ether oxygens (including phenoxy) is 1. The van der Waals surface area contributed by atoms with Crippen LogP contribution in [0, 0.1) is 6.92 Å². The molecule has 3 N–H and O–H groups in total. The smallest absolute Gasteiger partial charge is 0.260 e. The topological polar surface area (TPSA) is 96.1 Å². The molecule has 0 fully saturated rings. The molecule has 1 aromatic rings. The second kappa shape index (κ2) is 9.14. The summed E-state index contributed by atoms with van der Waals surface area (Å²) in [5, 5.41) is 9.97. The molecule has 0 amide bonds. The van der Waals surface area contributed by atoms with Crippen molar-refractivity contribution in [3.05, 3.63) is 11.3 Å². The molecule has 0 saturated heterocycles. The van der Waals surface area contributed by atoms with Crippen LogP contribution in [0.1, 0.15) is 37.9 Å². The van der Waals surface area contributed by atoms with E-state index in [1.807, 2.05) is 13.8 Å². The summed E-state index contributed by atoms with van der Waals surface area (Å²) in [6.45, 7) is 8.65. The maximum atomic E-state index is 12.3. The molecule has 1 aromatic heterocycles. The van der Waals surface area contributed by atoms with E-state index in [4.69, 9.17) is 4.74 Å². The van der Waals surface area contributed by atoms with E-state index in [9.17, 15) is 8.42 Å². The summed E-state index contributed by atoms with van der Waals surface area (Å²) in [5.41, 5.74) is 1.47. The summed E-state index contributed by atoms with van der Waals surface area (Å²) >= 11 is 0. The van der Waals surface area contributed by atoms with Crippen molar-refractivity contribution >= 4 is 10.0 Å². The minimum Gasteiger partial charge on any atom is -0.382 e. The van der Waals surface area contributed by atoms with Gasteiger partial charge in [-0.15, -0.1) is 0 Å². The van der Waals surface area contributed by atoms with E-state index >= 15 is 0 Å². The summed E-state index contributed by atoms with van der Waals surface area (Å²) in [5.74, 6) is 0. The zero-order chi connectivity index (χ0) is 15.7. The Bertz CT molecular complexity index is 513. The lowest BCUT2D eigenvalue weighted by molar-refractivity contribution is 0.146. The first-order chi connectivity index (χ1) is 10.0. The molecule has 8 heteroatoms. The molecular weight excluding hydrogens is 292 g/mol. The molecule has 122 valence electrons. The zero-order valence-electron chi connectivity index (χ0n) is 13.0. The number of hydrogen-bond donors (Lipinski definition) is 3. The number of aromatic nitrogens is 2. The number of nitrogens with one attached hydrogen (secondary N) is 3. The summed E-state index contributed by atoms with van der Waals surface area (Å²) in [4.78, 5) is 0. The van der Waals surface area contributed by atoms with Gasteiger partial charge in [-0.2, -0.15) is 5.10 Å². The van der Waals surface area contributed by atoms with Gasteiger partial charge in [0.05, 0.1) is 0 Å². The molecule has 0 aliphatic carbocycles. The van der Waals surface area contributed by atoms with Crippen LogP contribution in [0.2, 0.25) is 0 Å². The lowest BCUT2D eigenvalue weighted by atomic mass is 10.2. The first kappa shape index (κ1) is 18.1. The molecule has 0 radical (unpaired) electrons. The van der Waals surface area contributed by atoms with Crippen LogP contribution in [0.25, 0.3) is 0 Å². The Morgan fingerprint density at radius 2 is 2.05 bits per heavy atom. The van der Waals surface area contributed by atoms with Gasteiger partial charge >= 0.3 is 0 Å². The van der Waals surface area contributed by atoms with Crippen molar-refractivity contribution in [1.82, 2.24) is 20.2 Å². The third-order valence-electron chi connectivity index (χ3n) is 2.98. The van der Waals surface area contributed by atoms with Crippen molar-refractivity contribution in [2.75, 3.05) is 26.3 Å². The Morgan fingerprint density at radius 3 is 2.71 bits per heavy atom. The number of aromatic amines is 1. The first-order valence-corrected chi connectivity index (χ1v) is 8.83. The molecule has 0 unspecified atom stereocenters. The van der Waals surface area contributed by atoms with Crippen molar-refractivity contribution in [3.63, 3.8) is 0 Å². The van der Waals surface area contributed by atoms with Gasteiger partial charge in [0.1, 0.15) is 0 Å². The van der Waals surface area contributed by atoms with Crippen molar-refractivity contribution in [1.29, 1.82) is 0 Å². The molecule has 0 spiro atoms. The van der Waals surface area contributed by atoms with E-state index in [1.54, 1.807) is 0 Å². The first-order valence-electron chi connectivity index (χ1n) is 7.34. The molecule has 7 nitrogen and oxygen atoms in total. The van der Waals surface area contributed by atoms with E-state index in [-0.39, 0.29) is 5.03 Å². The minimum absolute atomic E-state index is 0.0833. The largest absolute Gasteiger partial charge is 0.382 e. The molecule has 0 aliphatic heterocycles. The van der Waals surface area contributed by atoms with Gasteiger partial charge in [-0.25, -0.2) is 13.1 Å². The van der Waals surface area contributed by atoms with E-state index < -0.39 is 10.0 Å². The third kappa shape index (κ3) is 5.74. The number of H-pyrrole nitrogens is 1. The van der Waals surface area contributed by atoms with Gasteiger partial charge in [0.25, 0.3) is 10.0 Å². The molecule has 0 saturated carbocycles. The Balaban J connectivity index is 2.65. The summed E-state index contributed by atoms with van der Waals surface area (Å²) in [7, 11) is -3.58. The van der Waals surface area contributed by atoms with Crippen molar-refractivity contribution in [2.45, 2.75) is 45.2 Å². The van der Waals surface area contributed by atoms with Gasteiger partial charge < -0.3 is 10.1 Å². The maximum Gasteiger partial charge on any atom is 0.260 e. The van der Waals surface area contributed by atoms with E-state index in [0.717, 1.165) is 18.7 Å². The lowest BCUT2D eigenvalue weighted by Gasteiger charge is -2.08. The van der Waals surface area contributed by atoms with Crippen LogP contribution in [-0.4, -0.2) is 44.9 Å². The second-order valence-electron chi connectivity index (χ2n) is 4.76. The van der Waals surface area contributed by atoms with E-state index in [2.05, 4.69) is 27.2 Å². The molecule has 1 heterocycles. The van der Waals surface area contributed by atoms with Crippen molar-refractivity contribution < 1.29 is 13.2 Å². The summed E-state index contributed by atoms with van der Waals surface area (Å²) in [6.07, 6.45) is 1.63. The van der Waals surface area contributed by atoms with Crippen LogP contribution in [0.15, 0.2) is 5.03 Å². The molecule has 1 rings (SSSR count). The van der Waals surface area contributed by atoms with Crippen LogP contribution in [0.4, 0.5) is 0 Å². The minimum atomic E-state index is -3.58. The normalized spacial score (nSPS) is 12.0. The second-order valence-corrected chi connectivity index (χ2v) is 6.44. The molecular formula is C13H26N4O3S. The molecule has 0 aliphatic rings. The summed E-state index contributed by atoms with van der Waals surface area (Å²) < 4.78 is 32.3. The number of aryl methyl sites for hydroxylation is 1. The fourth-order valence-electron chi connectivity index (χ4n) is 1.84. The van der Waals surface area contributed by atoms with E-state index in [1.165, 1.54) is 0 Å². The van der Waals surface area contributed by atoms with Crippen LogP contribution < -0.4 is 10.0 Å². The Labute approximate surface area is 126 Å². The van der Waals surface area contributed by atoms with E-state index in [0.29, 0.717) is 38.3 Å². The monoisotopic (exact) mass is 318 g/mol. The Kier molecular flexibility index (Phi) is 7.87. The standard InChI is InChI=1S/C13H26N4O3S/c1-4-7-14-10-12-11(3)16-17-13(12)21(18,19)15-8-6-9-20-5-2/h14-15H,4-10H2,1-3H3,(H,16,17). The van der Waals surface area contributed by atoms with Gasteiger partial charge in [-0.05, 0) is 33.2 Å². The van der Waals surface area contributed by atoms with Crippen LogP contribution in [0.3, 0.4) is 0 Å². The van der Waals surface area contributed by atoms with Crippen LogP contribution in [-0.2, 0) is 21.3 Å². The maximum absolute atomic E-state index is 12.3. The highest BCUT2D eigenvalue weighted by Gasteiger charge is 2.22. The predicted molar refractivity (Wildman–Crippen MR) is 81.6 cm³/mol. The Hall–Kier alpha value is -0.960. The van der Waals surface area contributed by atoms with Crippen molar-refractivity contribution in [3.8, 4) is 0 Å². The summed E-state index contributed by atoms with van der Waals surface area (Å²) in [6, 6.07) is 0. The average Bonchev–Trinajstić information content (AvgIpc) is 2.81. The molecule has 0 atom stereocenters. The molecule has 0 bridgehead atoms. The third-order valence-corrected chi connectivity index (χ3v) is 4.41.